The van der Waals surface area contributed by atoms with Crippen molar-refractivity contribution >= 4 is 10.4 Å². The van der Waals surface area contributed by atoms with E-state index in [-0.39, 0.29) is 43.7 Å². The van der Waals surface area contributed by atoms with Crippen LogP contribution in [0.25, 0.3) is 0 Å². The topological polar surface area (TPSA) is 52.6 Å². The van der Waals surface area contributed by atoms with E-state index in [0.717, 1.165) is 38.5 Å². The first-order valence-corrected chi connectivity index (χ1v) is 9.92. The summed E-state index contributed by atoms with van der Waals surface area (Å²) in [5, 5.41) is 0. The molecule has 0 aromatic rings. The standard InChI is InChI=1S/C16H34O4S.Na.H/c1-4-6-8-9-10-11-12-13-15-19-21(17,18)20-16(3)14-7-5-2;;/h16H,4-15H2,1-3H3;;/q;+1;-1. The third-order valence-corrected chi connectivity index (χ3v) is 4.49. The molecule has 0 rings (SSSR count). The zero-order valence-corrected chi connectivity index (χ0v) is 17.9. The van der Waals surface area contributed by atoms with Crippen molar-refractivity contribution < 1.29 is 47.8 Å². The van der Waals surface area contributed by atoms with Gasteiger partial charge >= 0.3 is 40.0 Å². The Morgan fingerprint density at radius 1 is 0.864 bits per heavy atom. The van der Waals surface area contributed by atoms with E-state index in [2.05, 4.69) is 13.8 Å². The van der Waals surface area contributed by atoms with Crippen LogP contribution in [0.5, 0.6) is 0 Å². The molecule has 0 saturated heterocycles. The van der Waals surface area contributed by atoms with Crippen LogP contribution in [0.4, 0.5) is 0 Å². The van der Waals surface area contributed by atoms with Gasteiger partial charge in [0, 0.05) is 0 Å². The summed E-state index contributed by atoms with van der Waals surface area (Å²) in [4.78, 5) is 0. The van der Waals surface area contributed by atoms with Crippen LogP contribution in [0.15, 0.2) is 0 Å². The Bertz CT molecular complexity index is 326. The Morgan fingerprint density at radius 2 is 1.36 bits per heavy atom. The van der Waals surface area contributed by atoms with E-state index < -0.39 is 10.4 Å². The third-order valence-electron chi connectivity index (χ3n) is 3.47. The van der Waals surface area contributed by atoms with E-state index in [0.29, 0.717) is 0 Å². The predicted molar refractivity (Wildman–Crippen MR) is 88.7 cm³/mol. The summed E-state index contributed by atoms with van der Waals surface area (Å²) in [6.45, 7) is 6.29. The van der Waals surface area contributed by atoms with Crippen molar-refractivity contribution in [3.05, 3.63) is 0 Å². The maximum Gasteiger partial charge on any atom is 1.00 e. The van der Waals surface area contributed by atoms with E-state index >= 15 is 0 Å². The molecule has 0 aromatic heterocycles. The second kappa shape index (κ2) is 16.7. The zero-order chi connectivity index (χ0) is 16.0. The summed E-state index contributed by atoms with van der Waals surface area (Å²) >= 11 is 0. The summed E-state index contributed by atoms with van der Waals surface area (Å²) < 4.78 is 33.0. The molecule has 22 heavy (non-hydrogen) atoms. The first-order valence-electron chi connectivity index (χ1n) is 8.59. The summed E-state index contributed by atoms with van der Waals surface area (Å²) in [6.07, 6.45) is 11.8. The molecule has 6 heteroatoms. The molecule has 4 nitrogen and oxygen atoms in total. The number of hydrogen-bond acceptors (Lipinski definition) is 4. The van der Waals surface area contributed by atoms with Crippen LogP contribution in [0, 0.1) is 0 Å². The van der Waals surface area contributed by atoms with Gasteiger partial charge in [-0.2, -0.15) is 8.42 Å². The molecular weight excluding hydrogens is 311 g/mol. The number of rotatable bonds is 15. The van der Waals surface area contributed by atoms with Crippen molar-refractivity contribution in [2.24, 2.45) is 0 Å². The fraction of sp³-hybridized carbons (Fsp3) is 1.00. The zero-order valence-electron chi connectivity index (χ0n) is 16.1. The van der Waals surface area contributed by atoms with Gasteiger partial charge in [0.05, 0.1) is 12.7 Å². The van der Waals surface area contributed by atoms with Gasteiger partial charge in [-0.15, -0.1) is 0 Å². The van der Waals surface area contributed by atoms with Gasteiger partial charge in [0.15, 0.2) is 0 Å². The van der Waals surface area contributed by atoms with Crippen LogP contribution in [0.1, 0.15) is 92.8 Å². The Hall–Kier alpha value is 0.870. The van der Waals surface area contributed by atoms with E-state index in [9.17, 15) is 8.42 Å². The Labute approximate surface area is 161 Å². The van der Waals surface area contributed by atoms with Gasteiger partial charge in [-0.05, 0) is 19.8 Å². The molecule has 130 valence electrons. The van der Waals surface area contributed by atoms with Gasteiger partial charge in [0.1, 0.15) is 0 Å². The molecule has 1 atom stereocenters. The van der Waals surface area contributed by atoms with E-state index in [4.69, 9.17) is 8.37 Å². The Balaban J connectivity index is -0.00000200. The first-order chi connectivity index (χ1) is 10.0. The molecule has 0 amide bonds. The van der Waals surface area contributed by atoms with Crippen LogP contribution in [0.3, 0.4) is 0 Å². The number of hydrogen-bond donors (Lipinski definition) is 0. The maximum absolute atomic E-state index is 11.6. The van der Waals surface area contributed by atoms with Gasteiger partial charge < -0.3 is 1.43 Å². The van der Waals surface area contributed by atoms with Gasteiger partial charge in [-0.25, -0.2) is 8.37 Å². The molecule has 0 aromatic carbocycles. The SMILES string of the molecule is CCCCCCCCCCOS(=O)(=O)OC(C)CCCC.[H-].[Na+]. The first kappa shape index (κ1) is 25.1. The average molecular weight is 347 g/mol. The summed E-state index contributed by atoms with van der Waals surface area (Å²) in [6, 6.07) is 0. The van der Waals surface area contributed by atoms with Crippen molar-refractivity contribution in [1.82, 2.24) is 0 Å². The molecule has 0 radical (unpaired) electrons. The molecule has 0 spiro atoms. The predicted octanol–water partition coefficient (Wildman–Crippen LogP) is 2.10. The smallest absolute Gasteiger partial charge is 1.00 e. The summed E-state index contributed by atoms with van der Waals surface area (Å²) in [7, 11) is -3.82. The van der Waals surface area contributed by atoms with Crippen molar-refractivity contribution in [1.29, 1.82) is 0 Å². The second-order valence-corrected chi connectivity index (χ2v) is 7.00. The third kappa shape index (κ3) is 17.2. The van der Waals surface area contributed by atoms with Crippen LogP contribution in [-0.2, 0) is 18.8 Å². The molecule has 0 aliphatic carbocycles. The molecular formula is C16H35NaO4S. The number of unbranched alkanes of at least 4 members (excludes halogenated alkanes) is 8. The summed E-state index contributed by atoms with van der Waals surface area (Å²) in [5.74, 6) is 0. The molecule has 0 bridgehead atoms. The normalized spacial score (nSPS) is 12.9. The van der Waals surface area contributed by atoms with Gasteiger partial charge in [-0.3, -0.25) is 0 Å². The molecule has 0 heterocycles. The molecule has 0 fully saturated rings. The fourth-order valence-corrected chi connectivity index (χ4v) is 3.04. The minimum atomic E-state index is -3.82. The largest absolute Gasteiger partial charge is 1.00 e. The van der Waals surface area contributed by atoms with Crippen molar-refractivity contribution in [3.63, 3.8) is 0 Å². The van der Waals surface area contributed by atoms with Crippen LogP contribution < -0.4 is 29.6 Å². The maximum atomic E-state index is 11.6. The van der Waals surface area contributed by atoms with E-state index in [1.807, 2.05) is 0 Å². The van der Waals surface area contributed by atoms with Gasteiger partial charge in [0.2, 0.25) is 0 Å². The minimum absolute atomic E-state index is 0. The summed E-state index contributed by atoms with van der Waals surface area (Å²) in [5.41, 5.74) is 0. The molecule has 0 aliphatic heterocycles. The van der Waals surface area contributed by atoms with Crippen molar-refractivity contribution in [2.45, 2.75) is 97.5 Å². The molecule has 0 saturated carbocycles. The molecule has 0 aliphatic rings. The van der Waals surface area contributed by atoms with Gasteiger partial charge in [-0.1, -0.05) is 71.6 Å². The Kier molecular flexibility index (Phi) is 19.1. The minimum Gasteiger partial charge on any atom is -1.00 e. The van der Waals surface area contributed by atoms with Crippen LogP contribution in [0.2, 0.25) is 0 Å². The van der Waals surface area contributed by atoms with Crippen molar-refractivity contribution in [2.75, 3.05) is 6.61 Å². The Morgan fingerprint density at radius 3 is 1.91 bits per heavy atom. The molecule has 0 N–H and O–H groups in total. The van der Waals surface area contributed by atoms with Crippen LogP contribution in [-0.4, -0.2) is 21.1 Å². The van der Waals surface area contributed by atoms with Crippen LogP contribution >= 0.6 is 0 Å². The fourth-order valence-electron chi connectivity index (χ4n) is 2.17. The monoisotopic (exact) mass is 346 g/mol. The molecule has 1 unspecified atom stereocenters. The average Bonchev–Trinajstić information content (AvgIpc) is 2.42. The van der Waals surface area contributed by atoms with E-state index in [1.54, 1.807) is 6.92 Å². The second-order valence-electron chi connectivity index (χ2n) is 5.75. The van der Waals surface area contributed by atoms with E-state index in [1.165, 1.54) is 32.1 Å². The van der Waals surface area contributed by atoms with Crippen molar-refractivity contribution in [3.8, 4) is 0 Å². The van der Waals surface area contributed by atoms with Gasteiger partial charge in [0.25, 0.3) is 0 Å². The quantitative estimate of drug-likeness (QED) is 0.337.